The number of nitrogens with zero attached hydrogens (tertiary/aromatic N) is 2. The number of amides is 2. The summed E-state index contributed by atoms with van der Waals surface area (Å²) >= 11 is 0. The van der Waals surface area contributed by atoms with Gasteiger partial charge in [-0.2, -0.15) is 13.2 Å². The largest absolute Gasteiger partial charge is 0.416 e. The van der Waals surface area contributed by atoms with Gasteiger partial charge < -0.3 is 10.6 Å². The minimum Gasteiger partial charge on any atom is -0.366 e. The van der Waals surface area contributed by atoms with Gasteiger partial charge in [-0.3, -0.25) is 14.5 Å². The van der Waals surface area contributed by atoms with Crippen LogP contribution in [0.15, 0.2) is 36.9 Å². The highest BCUT2D eigenvalue weighted by Gasteiger charge is 2.31. The molecule has 1 saturated heterocycles. The fourth-order valence-electron chi connectivity index (χ4n) is 2.79. The Balaban J connectivity index is 0.00000108. The number of likely N-dealkylation sites (N-methyl/N-ethyl adjacent to an activating group) is 1. The zero-order chi connectivity index (χ0) is 20.6. The summed E-state index contributed by atoms with van der Waals surface area (Å²) in [7, 11) is 3.46. The first kappa shape index (κ1) is 22.7. The molecule has 8 heteroatoms. The van der Waals surface area contributed by atoms with Crippen molar-refractivity contribution in [3.63, 3.8) is 0 Å². The van der Waals surface area contributed by atoms with E-state index >= 15 is 0 Å². The molecule has 2 amide bonds. The number of carbonyl (C=O) groups excluding carboxylic acids is 2. The Morgan fingerprint density at radius 3 is 2.30 bits per heavy atom. The second-order valence-corrected chi connectivity index (χ2v) is 6.52. The van der Waals surface area contributed by atoms with Gasteiger partial charge in [0, 0.05) is 22.1 Å². The number of piperidine rings is 1. The molecule has 0 radical (unpaired) electrons. The maximum absolute atomic E-state index is 12.6. The van der Waals surface area contributed by atoms with Crippen LogP contribution in [-0.4, -0.2) is 48.3 Å². The highest BCUT2D eigenvalue weighted by Crippen LogP contribution is 2.29. The lowest BCUT2D eigenvalue weighted by atomic mass is 10.00. The van der Waals surface area contributed by atoms with E-state index < -0.39 is 17.6 Å². The summed E-state index contributed by atoms with van der Waals surface area (Å²) in [6.45, 7) is 4.38. The first-order valence-electron chi connectivity index (χ1n) is 8.59. The molecule has 1 aliphatic heterocycles. The molecule has 0 aliphatic carbocycles. The number of carbonyl (C=O) groups is 2. The second kappa shape index (κ2) is 10.1. The van der Waals surface area contributed by atoms with Crippen molar-refractivity contribution < 1.29 is 24.2 Å². The summed E-state index contributed by atoms with van der Waals surface area (Å²) in [4.78, 5) is 25.3. The third kappa shape index (κ3) is 7.42. The Kier molecular flexibility index (Phi) is 8.49. The van der Waals surface area contributed by atoms with E-state index in [-0.39, 0.29) is 13.4 Å². The number of primary amides is 1. The van der Waals surface area contributed by atoms with E-state index in [9.17, 15) is 22.8 Å². The second-order valence-electron chi connectivity index (χ2n) is 6.52. The van der Waals surface area contributed by atoms with Crippen LogP contribution in [0.1, 0.15) is 31.8 Å². The van der Waals surface area contributed by atoms with E-state index in [1.165, 1.54) is 12.1 Å². The molecule has 1 fully saturated rings. The van der Waals surface area contributed by atoms with Crippen molar-refractivity contribution in [3.8, 4) is 0 Å². The van der Waals surface area contributed by atoms with Gasteiger partial charge in [0.2, 0.25) is 11.8 Å². The van der Waals surface area contributed by atoms with E-state index in [2.05, 4.69) is 17.2 Å². The lowest BCUT2D eigenvalue weighted by Gasteiger charge is -2.36. The zero-order valence-electron chi connectivity index (χ0n) is 15.6. The molecule has 2 N–H and O–H groups in total. The first-order chi connectivity index (χ1) is 12.6. The molecule has 2 rings (SSSR count). The van der Waals surface area contributed by atoms with Gasteiger partial charge in [0.25, 0.3) is 0 Å². The maximum atomic E-state index is 12.6. The SMILES string of the molecule is C=CC(N)=O.CN(C)C(=O)[C@H]1CCCCN1Cc1ccc(C(F)(F)F)cc1.[HH]. The summed E-state index contributed by atoms with van der Waals surface area (Å²) in [5, 5.41) is 0. The van der Waals surface area contributed by atoms with Crippen molar-refractivity contribution in [1.29, 1.82) is 0 Å². The lowest BCUT2D eigenvalue weighted by Crippen LogP contribution is -2.48. The topological polar surface area (TPSA) is 66.6 Å². The molecule has 152 valence electrons. The highest BCUT2D eigenvalue weighted by molar-refractivity contribution is 5.85. The van der Waals surface area contributed by atoms with Crippen LogP contribution in [0.3, 0.4) is 0 Å². The van der Waals surface area contributed by atoms with Crippen molar-refractivity contribution in [3.05, 3.63) is 48.0 Å². The minimum absolute atomic E-state index is 0. The van der Waals surface area contributed by atoms with Crippen molar-refractivity contribution in [2.75, 3.05) is 20.6 Å². The third-order valence-corrected chi connectivity index (χ3v) is 4.21. The molecule has 1 atom stereocenters. The molecular weight excluding hydrogens is 359 g/mol. The fraction of sp³-hybridized carbons (Fsp3) is 0.474. The molecule has 1 aromatic carbocycles. The molecule has 0 saturated carbocycles. The van der Waals surface area contributed by atoms with Crippen LogP contribution in [0, 0.1) is 0 Å². The van der Waals surface area contributed by atoms with Gasteiger partial charge in [-0.1, -0.05) is 25.1 Å². The minimum atomic E-state index is -4.31. The standard InChI is InChI=1S/C16H21F3N2O.C3H5NO.H2/c1-20(2)15(22)14-5-3-4-10-21(14)11-12-6-8-13(9-7-12)16(17,18)19;1-2-3(4)5;/h6-9,14H,3-5,10-11H2,1-2H3;2H,1H2,(H2,4,5);1H/t14-;;/m1../s1. The summed E-state index contributed by atoms with van der Waals surface area (Å²) in [5.41, 5.74) is 4.69. The molecule has 27 heavy (non-hydrogen) atoms. The molecular formula is C19H28F3N3O2. The van der Waals surface area contributed by atoms with Crippen LogP contribution in [0.4, 0.5) is 13.2 Å². The summed E-state index contributed by atoms with van der Waals surface area (Å²) in [6, 6.07) is 5.01. The number of benzene rings is 1. The van der Waals surface area contributed by atoms with Gasteiger partial charge in [-0.15, -0.1) is 0 Å². The molecule has 1 aliphatic rings. The number of likely N-dealkylation sites (tertiary alicyclic amines) is 1. The highest BCUT2D eigenvalue weighted by atomic mass is 19.4. The van der Waals surface area contributed by atoms with Gasteiger partial charge in [0.05, 0.1) is 11.6 Å². The molecule has 0 spiro atoms. The van der Waals surface area contributed by atoms with E-state index in [4.69, 9.17) is 0 Å². The Labute approximate surface area is 159 Å². The Morgan fingerprint density at radius 2 is 1.85 bits per heavy atom. The van der Waals surface area contributed by atoms with Crippen LogP contribution in [0.2, 0.25) is 0 Å². The smallest absolute Gasteiger partial charge is 0.366 e. The van der Waals surface area contributed by atoms with Crippen molar-refractivity contribution >= 4 is 11.8 Å². The van der Waals surface area contributed by atoms with Crippen molar-refractivity contribution in [2.24, 2.45) is 5.73 Å². The summed E-state index contributed by atoms with van der Waals surface area (Å²) in [5.74, 6) is -0.420. The molecule has 1 aromatic rings. The molecule has 0 unspecified atom stereocenters. The van der Waals surface area contributed by atoms with Crippen molar-refractivity contribution in [1.82, 2.24) is 9.80 Å². The van der Waals surface area contributed by atoms with Crippen LogP contribution in [-0.2, 0) is 22.3 Å². The van der Waals surface area contributed by atoms with Crippen LogP contribution in [0.5, 0.6) is 0 Å². The van der Waals surface area contributed by atoms with Crippen molar-refractivity contribution in [2.45, 2.75) is 38.0 Å². The van der Waals surface area contributed by atoms with E-state index in [1.807, 2.05) is 0 Å². The quantitative estimate of drug-likeness (QED) is 0.808. The number of nitrogens with two attached hydrogens (primary N) is 1. The average molecular weight is 387 g/mol. The Morgan fingerprint density at radius 1 is 1.30 bits per heavy atom. The van der Waals surface area contributed by atoms with Gasteiger partial charge in [0.1, 0.15) is 0 Å². The molecule has 5 nitrogen and oxygen atoms in total. The number of alkyl halides is 3. The number of hydrogen-bond acceptors (Lipinski definition) is 3. The number of hydrogen-bond donors (Lipinski definition) is 1. The van der Waals surface area contributed by atoms with Crippen LogP contribution in [0.25, 0.3) is 0 Å². The predicted octanol–water partition coefficient (Wildman–Crippen LogP) is 3.05. The van der Waals surface area contributed by atoms with Gasteiger partial charge in [0.15, 0.2) is 0 Å². The Hall–Kier alpha value is -2.35. The normalized spacial score (nSPS) is 17.4. The molecule has 0 aromatic heterocycles. The number of halogens is 3. The third-order valence-electron chi connectivity index (χ3n) is 4.21. The van der Waals surface area contributed by atoms with Gasteiger partial charge >= 0.3 is 6.18 Å². The average Bonchev–Trinajstić information content (AvgIpc) is 2.61. The van der Waals surface area contributed by atoms with Gasteiger partial charge in [-0.05, 0) is 43.2 Å². The van der Waals surface area contributed by atoms with E-state index in [1.54, 1.807) is 19.0 Å². The fourth-order valence-corrected chi connectivity index (χ4v) is 2.79. The lowest BCUT2D eigenvalue weighted by molar-refractivity contribution is -0.137. The van der Waals surface area contributed by atoms with Crippen LogP contribution >= 0.6 is 0 Å². The maximum Gasteiger partial charge on any atom is 0.416 e. The zero-order valence-corrected chi connectivity index (χ0v) is 15.6. The summed E-state index contributed by atoms with van der Waals surface area (Å²) < 4.78 is 37.7. The van der Waals surface area contributed by atoms with E-state index in [0.717, 1.165) is 49.6 Å². The molecule has 1 heterocycles. The monoisotopic (exact) mass is 387 g/mol. The predicted molar refractivity (Wildman–Crippen MR) is 99.7 cm³/mol. The van der Waals surface area contributed by atoms with Gasteiger partial charge in [-0.25, -0.2) is 0 Å². The molecule has 0 bridgehead atoms. The number of rotatable bonds is 4. The summed E-state index contributed by atoms with van der Waals surface area (Å²) in [6.07, 6.45) is -0.434. The van der Waals surface area contributed by atoms with Crippen LogP contribution < -0.4 is 5.73 Å². The first-order valence-corrected chi connectivity index (χ1v) is 8.59. The Bertz CT molecular complexity index is 649. The van der Waals surface area contributed by atoms with E-state index in [0.29, 0.717) is 6.54 Å².